The molecule has 0 saturated carbocycles. The molecule has 0 aromatic carbocycles. The number of likely N-dealkylation sites (N-methyl/N-ethyl adjacent to an activating group) is 1. The van der Waals surface area contributed by atoms with Crippen LogP contribution in [0.15, 0.2) is 10.8 Å². The van der Waals surface area contributed by atoms with Crippen LogP contribution in [0.2, 0.25) is 0 Å². The van der Waals surface area contributed by atoms with Gasteiger partial charge in [0.05, 0.1) is 6.20 Å². The maximum absolute atomic E-state index is 4.39. The van der Waals surface area contributed by atoms with Gasteiger partial charge in [-0.05, 0) is 23.0 Å². The maximum atomic E-state index is 4.39. The Hall–Kier alpha value is -0.550. The highest BCUT2D eigenvalue weighted by molar-refractivity contribution is 9.10. The first-order valence-electron chi connectivity index (χ1n) is 4.79. The molecule has 0 aliphatic carbocycles. The lowest BCUT2D eigenvalue weighted by Crippen LogP contribution is -2.45. The summed E-state index contributed by atoms with van der Waals surface area (Å²) >= 11 is 3.46. The van der Waals surface area contributed by atoms with E-state index < -0.39 is 0 Å². The number of halogens is 1. The molecule has 4 nitrogen and oxygen atoms in total. The van der Waals surface area contributed by atoms with Crippen LogP contribution in [0.25, 0.3) is 0 Å². The van der Waals surface area contributed by atoms with E-state index in [1.807, 2.05) is 13.2 Å². The highest BCUT2D eigenvalue weighted by atomic mass is 79.9. The van der Waals surface area contributed by atoms with E-state index in [1.54, 1.807) is 0 Å². The predicted octanol–water partition coefficient (Wildman–Crippen LogP) is 0.934. The van der Waals surface area contributed by atoms with Gasteiger partial charge >= 0.3 is 0 Å². The van der Waals surface area contributed by atoms with Crippen molar-refractivity contribution in [1.82, 2.24) is 14.5 Å². The van der Waals surface area contributed by atoms with Crippen LogP contribution in [0.4, 0.5) is 5.95 Å². The van der Waals surface area contributed by atoms with Crippen LogP contribution >= 0.6 is 15.9 Å². The van der Waals surface area contributed by atoms with Crippen LogP contribution < -0.4 is 4.90 Å². The van der Waals surface area contributed by atoms with E-state index in [2.05, 4.69) is 42.3 Å². The quantitative estimate of drug-likeness (QED) is 0.750. The predicted molar refractivity (Wildman–Crippen MR) is 60.6 cm³/mol. The molecule has 1 fully saturated rings. The Morgan fingerprint density at radius 2 is 1.86 bits per heavy atom. The number of imidazole rings is 1. The first-order valence-corrected chi connectivity index (χ1v) is 5.58. The van der Waals surface area contributed by atoms with Crippen LogP contribution in [0.5, 0.6) is 0 Å². The lowest BCUT2D eigenvalue weighted by atomic mass is 10.3. The van der Waals surface area contributed by atoms with E-state index in [1.165, 1.54) is 0 Å². The molecule has 0 radical (unpaired) electrons. The summed E-state index contributed by atoms with van der Waals surface area (Å²) in [6, 6.07) is 0. The Morgan fingerprint density at radius 1 is 1.21 bits per heavy atom. The molecule has 0 spiro atoms. The Labute approximate surface area is 92.6 Å². The van der Waals surface area contributed by atoms with Gasteiger partial charge in [-0.3, -0.25) is 0 Å². The summed E-state index contributed by atoms with van der Waals surface area (Å²) in [7, 11) is 4.19. The van der Waals surface area contributed by atoms with E-state index in [0.717, 1.165) is 36.7 Å². The minimum atomic E-state index is 1.03. The third-order valence-corrected chi connectivity index (χ3v) is 3.43. The Kier molecular flexibility index (Phi) is 2.78. The molecule has 1 aliphatic rings. The SMILES string of the molecule is CN1CCN(c2ncc(Br)n2C)CC1. The smallest absolute Gasteiger partial charge is 0.206 e. The number of rotatable bonds is 1. The standard InChI is InChI=1S/C9H15BrN4/c1-12-3-5-14(6-4-12)9-11-7-8(10)13(9)2/h7H,3-6H2,1-2H3. The second kappa shape index (κ2) is 3.90. The molecule has 0 amide bonds. The molecule has 2 heterocycles. The summed E-state index contributed by atoms with van der Waals surface area (Å²) in [4.78, 5) is 9.05. The van der Waals surface area contributed by atoms with Gasteiger partial charge in [-0.25, -0.2) is 4.98 Å². The van der Waals surface area contributed by atoms with Crippen molar-refractivity contribution >= 4 is 21.9 Å². The number of hydrogen-bond donors (Lipinski definition) is 0. The summed E-state index contributed by atoms with van der Waals surface area (Å²) in [6.45, 7) is 4.36. The molecular formula is C9H15BrN4. The summed E-state index contributed by atoms with van der Waals surface area (Å²) in [6.07, 6.45) is 1.85. The molecule has 14 heavy (non-hydrogen) atoms. The Bertz CT molecular complexity index is 315. The molecule has 0 N–H and O–H groups in total. The molecule has 5 heteroatoms. The molecule has 78 valence electrons. The van der Waals surface area contributed by atoms with Crippen molar-refractivity contribution in [3.8, 4) is 0 Å². The monoisotopic (exact) mass is 258 g/mol. The van der Waals surface area contributed by atoms with Gasteiger partial charge in [0.25, 0.3) is 0 Å². The van der Waals surface area contributed by atoms with Crippen molar-refractivity contribution in [3.05, 3.63) is 10.8 Å². The largest absolute Gasteiger partial charge is 0.340 e. The van der Waals surface area contributed by atoms with Crippen LogP contribution in [-0.4, -0.2) is 47.7 Å². The first kappa shape index (κ1) is 9.98. The van der Waals surface area contributed by atoms with E-state index in [0.29, 0.717) is 0 Å². The minimum Gasteiger partial charge on any atom is -0.340 e. The minimum absolute atomic E-state index is 1.03. The molecule has 1 aliphatic heterocycles. The fourth-order valence-electron chi connectivity index (χ4n) is 1.68. The fraction of sp³-hybridized carbons (Fsp3) is 0.667. The number of piperazine rings is 1. The highest BCUT2D eigenvalue weighted by Crippen LogP contribution is 2.18. The zero-order valence-corrected chi connectivity index (χ0v) is 10.2. The van der Waals surface area contributed by atoms with Crippen LogP contribution in [0.1, 0.15) is 0 Å². The molecule has 1 aromatic rings. The highest BCUT2D eigenvalue weighted by Gasteiger charge is 2.18. The second-order valence-corrected chi connectivity index (χ2v) is 4.54. The van der Waals surface area contributed by atoms with Gasteiger partial charge in [0, 0.05) is 33.2 Å². The van der Waals surface area contributed by atoms with E-state index in [-0.39, 0.29) is 0 Å². The van der Waals surface area contributed by atoms with Gasteiger partial charge < -0.3 is 14.4 Å². The first-order chi connectivity index (χ1) is 6.68. The molecule has 0 atom stereocenters. The van der Waals surface area contributed by atoms with E-state index in [4.69, 9.17) is 0 Å². The average Bonchev–Trinajstić information content (AvgIpc) is 2.50. The molecular weight excluding hydrogens is 244 g/mol. The van der Waals surface area contributed by atoms with Crippen molar-refractivity contribution in [2.75, 3.05) is 38.1 Å². The van der Waals surface area contributed by atoms with Gasteiger partial charge in [0.2, 0.25) is 5.95 Å². The molecule has 1 saturated heterocycles. The maximum Gasteiger partial charge on any atom is 0.206 e. The zero-order chi connectivity index (χ0) is 10.1. The van der Waals surface area contributed by atoms with Crippen molar-refractivity contribution in [1.29, 1.82) is 0 Å². The molecule has 0 bridgehead atoms. The summed E-state index contributed by atoms with van der Waals surface area (Å²) in [5.41, 5.74) is 0. The van der Waals surface area contributed by atoms with Crippen molar-refractivity contribution in [2.45, 2.75) is 0 Å². The van der Waals surface area contributed by atoms with Crippen LogP contribution in [0, 0.1) is 0 Å². The second-order valence-electron chi connectivity index (χ2n) is 3.73. The van der Waals surface area contributed by atoms with Gasteiger partial charge in [-0.15, -0.1) is 0 Å². The number of aromatic nitrogens is 2. The van der Waals surface area contributed by atoms with Gasteiger partial charge in [-0.2, -0.15) is 0 Å². The third kappa shape index (κ3) is 1.79. The lowest BCUT2D eigenvalue weighted by molar-refractivity contribution is 0.310. The molecule has 1 aromatic heterocycles. The van der Waals surface area contributed by atoms with E-state index >= 15 is 0 Å². The number of anilines is 1. The normalized spacial score (nSPS) is 18.9. The average molecular weight is 259 g/mol. The molecule has 2 rings (SSSR count). The van der Waals surface area contributed by atoms with Crippen molar-refractivity contribution < 1.29 is 0 Å². The van der Waals surface area contributed by atoms with Crippen molar-refractivity contribution in [3.63, 3.8) is 0 Å². The Balaban J connectivity index is 2.12. The van der Waals surface area contributed by atoms with Gasteiger partial charge in [0.1, 0.15) is 4.60 Å². The third-order valence-electron chi connectivity index (χ3n) is 2.69. The van der Waals surface area contributed by atoms with Crippen molar-refractivity contribution in [2.24, 2.45) is 7.05 Å². The lowest BCUT2D eigenvalue weighted by Gasteiger charge is -2.32. The fourth-order valence-corrected chi connectivity index (χ4v) is 1.94. The van der Waals surface area contributed by atoms with Crippen LogP contribution in [-0.2, 0) is 7.05 Å². The summed E-state index contributed by atoms with van der Waals surface area (Å²) < 4.78 is 3.11. The summed E-state index contributed by atoms with van der Waals surface area (Å²) in [5, 5.41) is 0. The Morgan fingerprint density at radius 3 is 2.36 bits per heavy atom. The summed E-state index contributed by atoms with van der Waals surface area (Å²) in [5.74, 6) is 1.06. The molecule has 0 unspecified atom stereocenters. The van der Waals surface area contributed by atoms with Gasteiger partial charge in [0.15, 0.2) is 0 Å². The topological polar surface area (TPSA) is 24.3 Å². The van der Waals surface area contributed by atoms with Gasteiger partial charge in [-0.1, -0.05) is 0 Å². The number of nitrogens with zero attached hydrogens (tertiary/aromatic N) is 4. The van der Waals surface area contributed by atoms with E-state index in [9.17, 15) is 0 Å². The zero-order valence-electron chi connectivity index (χ0n) is 8.57. The van der Waals surface area contributed by atoms with Crippen LogP contribution in [0.3, 0.4) is 0 Å². The number of hydrogen-bond acceptors (Lipinski definition) is 3.